The van der Waals surface area contributed by atoms with Gasteiger partial charge in [-0.15, -0.1) is 0 Å². The number of para-hydroxylation sites is 1. The van der Waals surface area contributed by atoms with Crippen molar-refractivity contribution >= 4 is 23.1 Å². The molecule has 0 bridgehead atoms. The van der Waals surface area contributed by atoms with Crippen LogP contribution in [0.1, 0.15) is 11.1 Å². The first-order chi connectivity index (χ1) is 10.8. The second kappa shape index (κ2) is 5.34. The summed E-state index contributed by atoms with van der Waals surface area (Å²) >= 11 is 5.20. The predicted molar refractivity (Wildman–Crippen MR) is 84.5 cm³/mol. The van der Waals surface area contributed by atoms with Crippen molar-refractivity contribution in [2.75, 3.05) is 0 Å². The summed E-state index contributed by atoms with van der Waals surface area (Å²) in [6.45, 7) is 1.84. The average molecular weight is 336 g/mol. The normalized spacial score (nSPS) is 11.8. The third-order valence-electron chi connectivity index (χ3n) is 3.59. The lowest BCUT2D eigenvalue weighted by atomic mass is 10.1. The molecule has 0 spiro atoms. The Kier molecular flexibility index (Phi) is 3.60. The molecule has 3 aromatic rings. The summed E-state index contributed by atoms with van der Waals surface area (Å²) < 4.78 is 39.2. The second-order valence-electron chi connectivity index (χ2n) is 5.11. The minimum atomic E-state index is -4.42. The van der Waals surface area contributed by atoms with E-state index >= 15 is 0 Å². The molecule has 0 fully saturated rings. The van der Waals surface area contributed by atoms with Gasteiger partial charge < -0.3 is 4.98 Å². The summed E-state index contributed by atoms with van der Waals surface area (Å²) in [5.41, 5.74) is 0.636. The molecule has 0 atom stereocenters. The standard InChI is InChI=1S/C16H11F3N2OS/c1-9-3-2-4-12-13(9)20-15(23)21(14(12)22)11-7-5-10(6-8-11)16(17,18)19/h2-8H,1H3,(H,20,23). The Morgan fingerprint density at radius 1 is 1.09 bits per heavy atom. The first-order valence-electron chi connectivity index (χ1n) is 6.71. The summed E-state index contributed by atoms with van der Waals surface area (Å²) in [4.78, 5) is 15.6. The van der Waals surface area contributed by atoms with Crippen molar-refractivity contribution in [2.45, 2.75) is 13.1 Å². The first-order valence-corrected chi connectivity index (χ1v) is 7.12. The fourth-order valence-electron chi connectivity index (χ4n) is 2.42. The van der Waals surface area contributed by atoms with E-state index < -0.39 is 11.7 Å². The van der Waals surface area contributed by atoms with Gasteiger partial charge in [0.1, 0.15) is 0 Å². The zero-order chi connectivity index (χ0) is 16.8. The molecule has 0 aliphatic heterocycles. The van der Waals surface area contributed by atoms with Gasteiger partial charge in [0.05, 0.1) is 22.2 Å². The van der Waals surface area contributed by atoms with Crippen molar-refractivity contribution in [2.24, 2.45) is 0 Å². The number of aryl methyl sites for hydroxylation is 1. The largest absolute Gasteiger partial charge is 0.416 e. The Balaban J connectivity index is 2.25. The number of hydrogen-bond donors (Lipinski definition) is 1. The lowest BCUT2D eigenvalue weighted by Gasteiger charge is -2.11. The topological polar surface area (TPSA) is 37.8 Å². The smallest absolute Gasteiger partial charge is 0.331 e. The molecule has 0 saturated heterocycles. The molecule has 118 valence electrons. The summed E-state index contributed by atoms with van der Waals surface area (Å²) in [5, 5.41) is 0.429. The van der Waals surface area contributed by atoms with E-state index in [1.807, 2.05) is 13.0 Å². The van der Waals surface area contributed by atoms with Crippen molar-refractivity contribution < 1.29 is 13.2 Å². The van der Waals surface area contributed by atoms with E-state index in [1.165, 1.54) is 16.7 Å². The van der Waals surface area contributed by atoms with E-state index in [2.05, 4.69) is 4.98 Å². The van der Waals surface area contributed by atoms with E-state index in [0.29, 0.717) is 10.9 Å². The Morgan fingerprint density at radius 2 is 1.74 bits per heavy atom. The third kappa shape index (κ3) is 2.68. The highest BCUT2D eigenvalue weighted by atomic mass is 32.1. The van der Waals surface area contributed by atoms with Crippen LogP contribution in [-0.4, -0.2) is 9.55 Å². The molecule has 7 heteroatoms. The molecule has 0 saturated carbocycles. The van der Waals surface area contributed by atoms with E-state index in [1.54, 1.807) is 12.1 Å². The van der Waals surface area contributed by atoms with Gasteiger partial charge in [0.15, 0.2) is 4.77 Å². The summed E-state index contributed by atoms with van der Waals surface area (Å²) in [7, 11) is 0. The fourth-order valence-corrected chi connectivity index (χ4v) is 2.71. The first kappa shape index (κ1) is 15.5. The van der Waals surface area contributed by atoms with E-state index in [-0.39, 0.29) is 16.0 Å². The van der Waals surface area contributed by atoms with Crippen molar-refractivity contribution in [1.82, 2.24) is 9.55 Å². The molecule has 1 aromatic heterocycles. The maximum Gasteiger partial charge on any atom is 0.416 e. The molecule has 1 heterocycles. The van der Waals surface area contributed by atoms with Crippen LogP contribution < -0.4 is 5.56 Å². The number of fused-ring (bicyclic) bond motifs is 1. The highest BCUT2D eigenvalue weighted by Gasteiger charge is 2.30. The fraction of sp³-hybridized carbons (Fsp3) is 0.125. The Bertz CT molecular complexity index is 1000. The third-order valence-corrected chi connectivity index (χ3v) is 3.88. The zero-order valence-electron chi connectivity index (χ0n) is 11.9. The lowest BCUT2D eigenvalue weighted by molar-refractivity contribution is -0.137. The van der Waals surface area contributed by atoms with Gasteiger partial charge in [-0.25, -0.2) is 0 Å². The monoisotopic (exact) mass is 336 g/mol. The van der Waals surface area contributed by atoms with Gasteiger partial charge in [0.25, 0.3) is 5.56 Å². The van der Waals surface area contributed by atoms with Crippen molar-refractivity contribution in [1.29, 1.82) is 0 Å². The lowest BCUT2D eigenvalue weighted by Crippen LogP contribution is -2.21. The van der Waals surface area contributed by atoms with Crippen molar-refractivity contribution in [3.05, 3.63) is 68.7 Å². The quantitative estimate of drug-likeness (QED) is 0.670. The van der Waals surface area contributed by atoms with Crippen LogP contribution in [0.15, 0.2) is 47.3 Å². The number of aromatic amines is 1. The predicted octanol–water partition coefficient (Wildman–Crippen LogP) is 4.38. The van der Waals surface area contributed by atoms with Gasteiger partial charge in [-0.05, 0) is 55.0 Å². The summed E-state index contributed by atoms with van der Waals surface area (Å²) in [5.74, 6) is 0. The number of aromatic nitrogens is 2. The van der Waals surface area contributed by atoms with Gasteiger partial charge in [-0.2, -0.15) is 13.2 Å². The molecule has 2 aromatic carbocycles. The minimum absolute atomic E-state index is 0.136. The number of benzene rings is 2. The van der Waals surface area contributed by atoms with Crippen molar-refractivity contribution in [3.8, 4) is 5.69 Å². The van der Waals surface area contributed by atoms with Gasteiger partial charge >= 0.3 is 6.18 Å². The number of nitrogens with one attached hydrogen (secondary N) is 1. The van der Waals surface area contributed by atoms with Crippen LogP contribution in [0.5, 0.6) is 0 Å². The average Bonchev–Trinajstić information content (AvgIpc) is 2.48. The van der Waals surface area contributed by atoms with Gasteiger partial charge in [0, 0.05) is 0 Å². The van der Waals surface area contributed by atoms with Crippen LogP contribution in [0.4, 0.5) is 13.2 Å². The van der Waals surface area contributed by atoms with Crippen LogP contribution >= 0.6 is 12.2 Å². The highest BCUT2D eigenvalue weighted by Crippen LogP contribution is 2.29. The van der Waals surface area contributed by atoms with Crippen LogP contribution in [0.2, 0.25) is 0 Å². The van der Waals surface area contributed by atoms with Crippen LogP contribution in [0, 0.1) is 11.7 Å². The SMILES string of the molecule is Cc1cccc2c(=O)n(-c3ccc(C(F)(F)F)cc3)c(=S)[nH]c12. The van der Waals surface area contributed by atoms with E-state index in [9.17, 15) is 18.0 Å². The molecule has 3 nitrogen and oxygen atoms in total. The molecule has 1 N–H and O–H groups in total. The van der Waals surface area contributed by atoms with Gasteiger partial charge in [0.2, 0.25) is 0 Å². The minimum Gasteiger partial charge on any atom is -0.331 e. The van der Waals surface area contributed by atoms with E-state index in [4.69, 9.17) is 12.2 Å². The molecule has 0 amide bonds. The molecule has 0 unspecified atom stereocenters. The van der Waals surface area contributed by atoms with Gasteiger partial charge in [-0.1, -0.05) is 12.1 Å². The number of halogens is 3. The zero-order valence-corrected chi connectivity index (χ0v) is 12.8. The molecule has 0 radical (unpaired) electrons. The van der Waals surface area contributed by atoms with Crippen molar-refractivity contribution in [3.63, 3.8) is 0 Å². The number of hydrogen-bond acceptors (Lipinski definition) is 2. The number of rotatable bonds is 1. The molecule has 0 aliphatic carbocycles. The maximum atomic E-state index is 12.6. The summed E-state index contributed by atoms with van der Waals surface area (Å²) in [6.07, 6.45) is -4.42. The van der Waals surface area contributed by atoms with Crippen LogP contribution in [0.25, 0.3) is 16.6 Å². The molecule has 23 heavy (non-hydrogen) atoms. The molecular weight excluding hydrogens is 325 g/mol. The second-order valence-corrected chi connectivity index (χ2v) is 5.50. The van der Waals surface area contributed by atoms with Crippen LogP contribution in [0.3, 0.4) is 0 Å². The maximum absolute atomic E-state index is 12.6. The summed E-state index contributed by atoms with van der Waals surface area (Å²) in [6, 6.07) is 9.55. The molecule has 3 rings (SSSR count). The highest BCUT2D eigenvalue weighted by molar-refractivity contribution is 7.71. The Labute approximate surface area is 134 Å². The number of H-pyrrole nitrogens is 1. The number of alkyl halides is 3. The Hall–Kier alpha value is -2.41. The molecule has 0 aliphatic rings. The van der Waals surface area contributed by atoms with Crippen LogP contribution in [-0.2, 0) is 6.18 Å². The van der Waals surface area contributed by atoms with Gasteiger partial charge in [-0.3, -0.25) is 9.36 Å². The number of nitrogens with zero attached hydrogens (tertiary/aromatic N) is 1. The molecular formula is C16H11F3N2OS. The Morgan fingerprint density at radius 3 is 2.35 bits per heavy atom. The van der Waals surface area contributed by atoms with E-state index in [0.717, 1.165) is 17.7 Å².